The lowest BCUT2D eigenvalue weighted by Crippen LogP contribution is -2.33. The van der Waals surface area contributed by atoms with E-state index >= 15 is 0 Å². The highest BCUT2D eigenvalue weighted by Crippen LogP contribution is 2.22. The van der Waals surface area contributed by atoms with Crippen molar-refractivity contribution < 1.29 is 14.4 Å². The summed E-state index contributed by atoms with van der Waals surface area (Å²) in [7, 11) is 0. The summed E-state index contributed by atoms with van der Waals surface area (Å²) in [6.45, 7) is 3.56. The van der Waals surface area contributed by atoms with Crippen LogP contribution in [-0.2, 0) is 14.4 Å². The second kappa shape index (κ2) is 3.64. The van der Waals surface area contributed by atoms with Gasteiger partial charge < -0.3 is 4.74 Å². The lowest BCUT2D eigenvalue weighted by atomic mass is 10.2. The molecule has 2 rings (SSSR count). The van der Waals surface area contributed by atoms with Crippen LogP contribution >= 0.6 is 0 Å². The zero-order valence-electron chi connectivity index (χ0n) is 7.86. The maximum atomic E-state index is 11.2. The molecule has 2 heterocycles. The highest BCUT2D eigenvalue weighted by Gasteiger charge is 2.35. The van der Waals surface area contributed by atoms with Gasteiger partial charge in [-0.15, -0.1) is 0 Å². The molecule has 0 radical (unpaired) electrons. The number of rotatable bonds is 4. The summed E-state index contributed by atoms with van der Waals surface area (Å²) < 4.78 is 5.14. The number of carbonyl (C=O) groups excluding carboxylic acids is 1. The van der Waals surface area contributed by atoms with Gasteiger partial charge in [0.1, 0.15) is 12.2 Å². The van der Waals surface area contributed by atoms with E-state index in [2.05, 4.69) is 0 Å². The Hall–Kier alpha value is -0.610. The summed E-state index contributed by atoms with van der Waals surface area (Å²) >= 11 is 0. The molecule has 74 valence electrons. The number of ether oxygens (including phenoxy) is 1. The Balaban J connectivity index is 1.83. The topological polar surface area (TPSA) is 42.1 Å². The minimum atomic E-state index is 0.0713. The quantitative estimate of drug-likeness (QED) is 0.606. The number of hydrogen-bond acceptors (Lipinski definition) is 3. The molecular formula is C9H15NO3. The zero-order valence-corrected chi connectivity index (χ0v) is 7.86. The molecule has 13 heavy (non-hydrogen) atoms. The molecule has 2 atom stereocenters. The minimum Gasteiger partial charge on any atom is -0.370 e. The first-order valence-electron chi connectivity index (χ1n) is 4.90. The van der Waals surface area contributed by atoms with Gasteiger partial charge in [0, 0.05) is 13.0 Å². The zero-order chi connectivity index (χ0) is 9.26. The molecule has 4 heteroatoms. The summed E-state index contributed by atoms with van der Waals surface area (Å²) in [5, 5.41) is 1.50. The second-order valence-electron chi connectivity index (χ2n) is 3.52. The average Bonchev–Trinajstić information content (AvgIpc) is 2.88. The van der Waals surface area contributed by atoms with E-state index in [0.717, 1.165) is 26.0 Å². The van der Waals surface area contributed by atoms with Crippen molar-refractivity contribution in [2.24, 2.45) is 0 Å². The van der Waals surface area contributed by atoms with E-state index in [0.29, 0.717) is 6.42 Å². The molecule has 2 fully saturated rings. The maximum absolute atomic E-state index is 11.2. The fraction of sp³-hybridized carbons (Fsp3) is 0.889. The number of carbonyl (C=O) groups is 1. The molecule has 0 N–H and O–H groups in total. The normalized spacial score (nSPS) is 29.5. The van der Waals surface area contributed by atoms with Crippen LogP contribution in [0.2, 0.25) is 0 Å². The van der Waals surface area contributed by atoms with Gasteiger partial charge in [0.2, 0.25) is 5.91 Å². The van der Waals surface area contributed by atoms with Gasteiger partial charge in [0.05, 0.1) is 6.61 Å². The van der Waals surface area contributed by atoms with Crippen molar-refractivity contribution >= 4 is 5.91 Å². The molecular weight excluding hydrogens is 170 g/mol. The van der Waals surface area contributed by atoms with E-state index in [1.54, 1.807) is 0 Å². The average molecular weight is 185 g/mol. The molecule has 0 saturated carbocycles. The van der Waals surface area contributed by atoms with Crippen molar-refractivity contribution in [3.8, 4) is 0 Å². The van der Waals surface area contributed by atoms with Crippen LogP contribution in [-0.4, -0.2) is 36.3 Å². The first-order chi connectivity index (χ1) is 6.31. The largest absolute Gasteiger partial charge is 0.370 e. The molecule has 2 aliphatic heterocycles. The predicted octanol–water partition coefficient (Wildman–Crippen LogP) is 0.718. The molecule has 0 aromatic heterocycles. The molecule has 1 amide bonds. The Morgan fingerprint density at radius 2 is 2.54 bits per heavy atom. The van der Waals surface area contributed by atoms with Crippen molar-refractivity contribution in [3.63, 3.8) is 0 Å². The number of epoxide rings is 1. The third-order valence-corrected chi connectivity index (χ3v) is 2.47. The summed E-state index contributed by atoms with van der Waals surface area (Å²) in [6, 6.07) is 0. The van der Waals surface area contributed by atoms with Gasteiger partial charge in [0.15, 0.2) is 0 Å². The fourth-order valence-corrected chi connectivity index (χ4v) is 1.57. The molecule has 0 bridgehead atoms. The fourth-order valence-electron chi connectivity index (χ4n) is 1.57. The molecule has 4 nitrogen and oxygen atoms in total. The third-order valence-electron chi connectivity index (χ3n) is 2.47. The van der Waals surface area contributed by atoms with E-state index in [1.165, 1.54) is 5.06 Å². The molecule has 0 aliphatic carbocycles. The summed E-state index contributed by atoms with van der Waals surface area (Å²) in [6.07, 6.45) is 2.73. The van der Waals surface area contributed by atoms with Crippen molar-refractivity contribution in [3.05, 3.63) is 0 Å². The van der Waals surface area contributed by atoms with E-state index < -0.39 is 0 Å². The molecule has 0 aromatic carbocycles. The Morgan fingerprint density at radius 1 is 1.77 bits per heavy atom. The Bertz CT molecular complexity index is 203. The van der Waals surface area contributed by atoms with Gasteiger partial charge in [-0.25, -0.2) is 5.06 Å². The van der Waals surface area contributed by atoms with Crippen LogP contribution in [0.3, 0.4) is 0 Å². The summed E-state index contributed by atoms with van der Waals surface area (Å²) in [4.78, 5) is 16.8. The van der Waals surface area contributed by atoms with Crippen LogP contribution in [0.1, 0.15) is 26.2 Å². The van der Waals surface area contributed by atoms with Gasteiger partial charge in [-0.05, 0) is 12.8 Å². The van der Waals surface area contributed by atoms with Gasteiger partial charge >= 0.3 is 0 Å². The van der Waals surface area contributed by atoms with Crippen LogP contribution in [0.25, 0.3) is 0 Å². The minimum absolute atomic E-state index is 0.0713. The van der Waals surface area contributed by atoms with Crippen molar-refractivity contribution in [1.82, 2.24) is 5.06 Å². The van der Waals surface area contributed by atoms with Gasteiger partial charge in [-0.2, -0.15) is 0 Å². The van der Waals surface area contributed by atoms with E-state index in [1.807, 2.05) is 6.92 Å². The van der Waals surface area contributed by atoms with Crippen LogP contribution in [0.15, 0.2) is 0 Å². The smallest absolute Gasteiger partial charge is 0.246 e. The van der Waals surface area contributed by atoms with Crippen LogP contribution < -0.4 is 0 Å². The first kappa shape index (κ1) is 8.97. The van der Waals surface area contributed by atoms with Crippen molar-refractivity contribution in [2.75, 3.05) is 13.2 Å². The Kier molecular flexibility index (Phi) is 2.51. The first-order valence-corrected chi connectivity index (χ1v) is 4.90. The number of hydrogen-bond donors (Lipinski definition) is 0. The standard InChI is InChI=1S/C9H15NO3/c1-2-7(8-6-12-8)13-10-5-3-4-9(10)11/h7-8H,2-6H2,1H3. The summed E-state index contributed by atoms with van der Waals surface area (Å²) in [5.41, 5.74) is 0. The van der Waals surface area contributed by atoms with Crippen LogP contribution in [0, 0.1) is 0 Å². The highest BCUT2D eigenvalue weighted by molar-refractivity contribution is 5.76. The Labute approximate surface area is 77.7 Å². The van der Waals surface area contributed by atoms with Crippen LogP contribution in [0.4, 0.5) is 0 Å². The van der Waals surface area contributed by atoms with E-state index in [4.69, 9.17) is 9.57 Å². The van der Waals surface area contributed by atoms with Crippen molar-refractivity contribution in [2.45, 2.75) is 38.4 Å². The third kappa shape index (κ3) is 2.00. The van der Waals surface area contributed by atoms with Crippen LogP contribution in [0.5, 0.6) is 0 Å². The number of nitrogens with zero attached hydrogens (tertiary/aromatic N) is 1. The lowest BCUT2D eigenvalue weighted by Gasteiger charge is -2.21. The SMILES string of the molecule is CCC(ON1CCCC1=O)C1CO1. The summed E-state index contributed by atoms with van der Waals surface area (Å²) in [5.74, 6) is 0.110. The van der Waals surface area contributed by atoms with E-state index in [9.17, 15) is 4.79 Å². The van der Waals surface area contributed by atoms with E-state index in [-0.39, 0.29) is 18.1 Å². The molecule has 2 aliphatic rings. The maximum Gasteiger partial charge on any atom is 0.246 e. The molecule has 2 saturated heterocycles. The number of hydroxylamine groups is 2. The molecule has 2 unspecified atom stereocenters. The number of amides is 1. The Morgan fingerprint density at radius 3 is 3.00 bits per heavy atom. The highest BCUT2D eigenvalue weighted by atomic mass is 16.7. The van der Waals surface area contributed by atoms with Gasteiger partial charge in [-0.3, -0.25) is 9.63 Å². The van der Waals surface area contributed by atoms with Crippen molar-refractivity contribution in [1.29, 1.82) is 0 Å². The lowest BCUT2D eigenvalue weighted by molar-refractivity contribution is -0.200. The molecule has 0 spiro atoms. The monoisotopic (exact) mass is 185 g/mol. The predicted molar refractivity (Wildman–Crippen MR) is 45.9 cm³/mol. The second-order valence-corrected chi connectivity index (χ2v) is 3.52. The molecule has 0 aromatic rings. The van der Waals surface area contributed by atoms with Gasteiger partial charge in [0.25, 0.3) is 0 Å². The van der Waals surface area contributed by atoms with Gasteiger partial charge in [-0.1, -0.05) is 6.92 Å².